The fraction of sp³-hybridized carbons (Fsp3) is 0.333. The molecule has 0 amide bonds. The molecule has 0 spiro atoms. The molecular weight excluding hydrogens is 246 g/mol. The molecule has 7 heteroatoms. The van der Waals surface area contributed by atoms with Crippen LogP contribution < -0.4 is 10.6 Å². The van der Waals surface area contributed by atoms with Crippen LogP contribution in [-0.2, 0) is 4.79 Å². The van der Waals surface area contributed by atoms with E-state index in [1.165, 1.54) is 0 Å². The van der Waals surface area contributed by atoms with Crippen molar-refractivity contribution >= 4 is 23.0 Å². The van der Waals surface area contributed by atoms with Gasteiger partial charge in [-0.15, -0.1) is 0 Å². The van der Waals surface area contributed by atoms with E-state index in [1.54, 1.807) is 12.4 Å². The Morgan fingerprint density at radius 2 is 2.16 bits per heavy atom. The summed E-state index contributed by atoms with van der Waals surface area (Å²) >= 11 is 0. The normalized spacial score (nSPS) is 22.9. The molecule has 0 bridgehead atoms. The number of nitrogens with zero attached hydrogens (tertiary/aromatic N) is 4. The minimum atomic E-state index is -1.20. The molecule has 1 unspecified atom stereocenters. The fourth-order valence-electron chi connectivity index (χ4n) is 2.22. The summed E-state index contributed by atoms with van der Waals surface area (Å²) in [5, 5.41) is 9.11. The number of nitrogens with two attached hydrogens (primary N) is 1. The SMILES string of the molecule is NC1(C(=O)O)CCN(c2ccc3nccnc3n2)C1. The van der Waals surface area contributed by atoms with Crippen molar-refractivity contribution in [2.45, 2.75) is 12.0 Å². The van der Waals surface area contributed by atoms with Crippen LogP contribution in [0.5, 0.6) is 0 Å². The standard InChI is InChI=1S/C12H13N5O2/c13-12(11(18)19)3-6-17(7-12)9-2-1-8-10(16-9)15-5-4-14-8/h1-2,4-5H,3,6-7,13H2,(H,18,19). The number of hydrogen-bond acceptors (Lipinski definition) is 6. The van der Waals surface area contributed by atoms with Crippen LogP contribution in [-0.4, -0.2) is 44.7 Å². The van der Waals surface area contributed by atoms with Gasteiger partial charge in [-0.05, 0) is 18.6 Å². The van der Waals surface area contributed by atoms with Gasteiger partial charge in [-0.3, -0.25) is 9.78 Å². The van der Waals surface area contributed by atoms with Crippen LogP contribution in [0.2, 0.25) is 0 Å². The summed E-state index contributed by atoms with van der Waals surface area (Å²) in [4.78, 5) is 25.6. The highest BCUT2D eigenvalue weighted by Crippen LogP contribution is 2.24. The molecule has 98 valence electrons. The Kier molecular flexibility index (Phi) is 2.56. The van der Waals surface area contributed by atoms with E-state index in [1.807, 2.05) is 17.0 Å². The molecule has 19 heavy (non-hydrogen) atoms. The Morgan fingerprint density at radius 3 is 2.89 bits per heavy atom. The first kappa shape index (κ1) is 11.8. The van der Waals surface area contributed by atoms with Gasteiger partial charge in [-0.1, -0.05) is 0 Å². The van der Waals surface area contributed by atoms with Crippen molar-refractivity contribution in [2.75, 3.05) is 18.0 Å². The molecule has 0 saturated carbocycles. The molecule has 1 aliphatic heterocycles. The highest BCUT2D eigenvalue weighted by molar-refractivity contribution is 5.81. The molecular formula is C12H13N5O2. The molecule has 1 aliphatic rings. The number of carboxylic acids is 1. The average molecular weight is 259 g/mol. The molecule has 1 saturated heterocycles. The number of aromatic nitrogens is 3. The van der Waals surface area contributed by atoms with Crippen LogP contribution in [0.4, 0.5) is 5.82 Å². The third-order valence-electron chi connectivity index (χ3n) is 3.37. The molecule has 0 radical (unpaired) electrons. The van der Waals surface area contributed by atoms with Gasteiger partial charge in [-0.25, -0.2) is 9.97 Å². The number of pyridine rings is 1. The summed E-state index contributed by atoms with van der Waals surface area (Å²) in [6, 6.07) is 3.63. The number of carboxylic acid groups (broad SMARTS) is 1. The Labute approximate surface area is 109 Å². The monoisotopic (exact) mass is 259 g/mol. The summed E-state index contributed by atoms with van der Waals surface area (Å²) < 4.78 is 0. The van der Waals surface area contributed by atoms with Gasteiger partial charge >= 0.3 is 5.97 Å². The maximum Gasteiger partial charge on any atom is 0.325 e. The van der Waals surface area contributed by atoms with Gasteiger partial charge in [0.1, 0.15) is 16.9 Å². The van der Waals surface area contributed by atoms with Crippen molar-refractivity contribution in [3.63, 3.8) is 0 Å². The van der Waals surface area contributed by atoms with E-state index in [0.717, 1.165) is 0 Å². The van der Waals surface area contributed by atoms with Gasteiger partial charge in [0, 0.05) is 25.5 Å². The van der Waals surface area contributed by atoms with Crippen molar-refractivity contribution in [3.8, 4) is 0 Å². The number of carbonyl (C=O) groups is 1. The van der Waals surface area contributed by atoms with Crippen LogP contribution in [0.25, 0.3) is 11.2 Å². The second-order valence-corrected chi connectivity index (χ2v) is 4.70. The molecule has 2 aromatic heterocycles. The Balaban J connectivity index is 1.92. The summed E-state index contributed by atoms with van der Waals surface area (Å²) in [7, 11) is 0. The van der Waals surface area contributed by atoms with E-state index in [4.69, 9.17) is 10.8 Å². The van der Waals surface area contributed by atoms with E-state index in [2.05, 4.69) is 15.0 Å². The lowest BCUT2D eigenvalue weighted by Crippen LogP contribution is -2.50. The van der Waals surface area contributed by atoms with Crippen LogP contribution >= 0.6 is 0 Å². The molecule has 3 N–H and O–H groups in total. The highest BCUT2D eigenvalue weighted by atomic mass is 16.4. The van der Waals surface area contributed by atoms with Gasteiger partial charge in [0.05, 0.1) is 0 Å². The first-order chi connectivity index (χ1) is 9.08. The molecule has 7 nitrogen and oxygen atoms in total. The number of fused-ring (bicyclic) bond motifs is 1. The van der Waals surface area contributed by atoms with E-state index >= 15 is 0 Å². The van der Waals surface area contributed by atoms with Crippen molar-refractivity contribution in [2.24, 2.45) is 5.73 Å². The average Bonchev–Trinajstić information content (AvgIpc) is 2.82. The van der Waals surface area contributed by atoms with Crippen LogP contribution in [0.15, 0.2) is 24.5 Å². The second-order valence-electron chi connectivity index (χ2n) is 4.70. The molecule has 3 heterocycles. The van der Waals surface area contributed by atoms with E-state index in [9.17, 15) is 4.79 Å². The van der Waals surface area contributed by atoms with Crippen molar-refractivity contribution in [3.05, 3.63) is 24.5 Å². The summed E-state index contributed by atoms with van der Waals surface area (Å²) in [5.41, 5.74) is 5.91. The van der Waals surface area contributed by atoms with Crippen LogP contribution in [0.3, 0.4) is 0 Å². The molecule has 2 aromatic rings. The Bertz CT molecular complexity index is 647. The molecule has 0 aliphatic carbocycles. The van der Waals surface area contributed by atoms with Crippen molar-refractivity contribution in [1.29, 1.82) is 0 Å². The van der Waals surface area contributed by atoms with E-state index in [0.29, 0.717) is 29.9 Å². The molecule has 1 fully saturated rings. The second kappa shape index (κ2) is 4.13. The zero-order chi connectivity index (χ0) is 13.5. The van der Waals surface area contributed by atoms with Gasteiger partial charge in [0.25, 0.3) is 0 Å². The minimum absolute atomic E-state index is 0.251. The smallest absolute Gasteiger partial charge is 0.325 e. The zero-order valence-electron chi connectivity index (χ0n) is 10.2. The summed E-state index contributed by atoms with van der Waals surface area (Å²) in [6.45, 7) is 0.822. The predicted octanol–water partition coefficient (Wildman–Crippen LogP) is 0.0170. The molecule has 3 rings (SSSR count). The lowest BCUT2D eigenvalue weighted by molar-refractivity contribution is -0.142. The van der Waals surface area contributed by atoms with Gasteiger partial charge in [0.15, 0.2) is 5.65 Å². The third-order valence-corrected chi connectivity index (χ3v) is 3.37. The number of rotatable bonds is 2. The topological polar surface area (TPSA) is 105 Å². The Morgan fingerprint density at radius 1 is 1.37 bits per heavy atom. The predicted molar refractivity (Wildman–Crippen MR) is 68.7 cm³/mol. The number of aliphatic carboxylic acids is 1. The largest absolute Gasteiger partial charge is 0.480 e. The third kappa shape index (κ3) is 1.97. The van der Waals surface area contributed by atoms with Gasteiger partial charge in [-0.2, -0.15) is 0 Å². The van der Waals surface area contributed by atoms with E-state index in [-0.39, 0.29) is 6.54 Å². The maximum absolute atomic E-state index is 11.1. The van der Waals surface area contributed by atoms with E-state index < -0.39 is 11.5 Å². The van der Waals surface area contributed by atoms with Crippen molar-refractivity contribution < 1.29 is 9.90 Å². The zero-order valence-corrected chi connectivity index (χ0v) is 10.2. The maximum atomic E-state index is 11.1. The highest BCUT2D eigenvalue weighted by Gasteiger charge is 2.41. The first-order valence-electron chi connectivity index (χ1n) is 5.93. The summed E-state index contributed by atoms with van der Waals surface area (Å²) in [5.74, 6) is -0.294. The van der Waals surface area contributed by atoms with Gasteiger partial charge in [0.2, 0.25) is 0 Å². The fourth-order valence-corrected chi connectivity index (χ4v) is 2.22. The minimum Gasteiger partial charge on any atom is -0.480 e. The molecule has 0 aromatic carbocycles. The quantitative estimate of drug-likeness (QED) is 0.783. The first-order valence-corrected chi connectivity index (χ1v) is 5.93. The van der Waals surface area contributed by atoms with Gasteiger partial charge < -0.3 is 15.7 Å². The molecule has 1 atom stereocenters. The van der Waals surface area contributed by atoms with Crippen LogP contribution in [0.1, 0.15) is 6.42 Å². The lowest BCUT2D eigenvalue weighted by Gasteiger charge is -2.20. The lowest BCUT2D eigenvalue weighted by atomic mass is 10.0. The van der Waals surface area contributed by atoms with Crippen LogP contribution in [0, 0.1) is 0 Å². The number of anilines is 1. The van der Waals surface area contributed by atoms with Crippen molar-refractivity contribution in [1.82, 2.24) is 15.0 Å². The Hall–Kier alpha value is -2.28. The summed E-state index contributed by atoms with van der Waals surface area (Å²) in [6.07, 6.45) is 3.59. The number of hydrogen-bond donors (Lipinski definition) is 2.